The molecule has 1 aliphatic rings. The predicted octanol–water partition coefficient (Wildman–Crippen LogP) is 2.39. The van der Waals surface area contributed by atoms with Crippen molar-refractivity contribution in [1.82, 2.24) is 19.5 Å². The van der Waals surface area contributed by atoms with Crippen LogP contribution in [-0.2, 0) is 0 Å². The van der Waals surface area contributed by atoms with Crippen molar-refractivity contribution in [2.75, 3.05) is 5.43 Å². The number of anilines is 1. The van der Waals surface area contributed by atoms with Crippen molar-refractivity contribution >= 4 is 5.82 Å². The monoisotopic (exact) mass is 272 g/mol. The average Bonchev–Trinajstić information content (AvgIpc) is 3.14. The predicted molar refractivity (Wildman–Crippen MR) is 78.2 cm³/mol. The molecule has 0 amide bonds. The van der Waals surface area contributed by atoms with Crippen LogP contribution in [0, 0.1) is 6.92 Å². The molecule has 0 aromatic carbocycles. The van der Waals surface area contributed by atoms with Crippen molar-refractivity contribution in [1.29, 1.82) is 0 Å². The van der Waals surface area contributed by atoms with Gasteiger partial charge in [-0.2, -0.15) is 0 Å². The molecule has 0 bridgehead atoms. The maximum absolute atomic E-state index is 5.63. The largest absolute Gasteiger partial charge is 0.325 e. The van der Waals surface area contributed by atoms with E-state index in [1.165, 1.54) is 12.8 Å². The van der Waals surface area contributed by atoms with E-state index in [0.717, 1.165) is 17.0 Å². The zero-order valence-electron chi connectivity index (χ0n) is 12.1. The normalized spacial score (nSPS) is 14.8. The Morgan fingerprint density at radius 2 is 2.10 bits per heavy atom. The summed E-state index contributed by atoms with van der Waals surface area (Å²) < 4.78 is 2.16. The van der Waals surface area contributed by atoms with Crippen LogP contribution in [0.2, 0.25) is 0 Å². The zero-order valence-corrected chi connectivity index (χ0v) is 12.1. The number of aromatic nitrogens is 4. The van der Waals surface area contributed by atoms with Crippen molar-refractivity contribution in [3.05, 3.63) is 23.8 Å². The van der Waals surface area contributed by atoms with E-state index < -0.39 is 0 Å². The van der Waals surface area contributed by atoms with E-state index in [-0.39, 0.29) is 0 Å². The Bertz CT molecular complexity index is 627. The van der Waals surface area contributed by atoms with Gasteiger partial charge in [0, 0.05) is 17.3 Å². The van der Waals surface area contributed by atoms with Gasteiger partial charge in [0.2, 0.25) is 0 Å². The summed E-state index contributed by atoms with van der Waals surface area (Å²) in [6.45, 7) is 6.22. The molecule has 3 rings (SSSR count). The molecule has 1 aliphatic carbocycles. The highest BCUT2D eigenvalue weighted by molar-refractivity contribution is 5.57. The van der Waals surface area contributed by atoms with Crippen LogP contribution < -0.4 is 11.3 Å². The SMILES string of the molecule is Cc1nc(-c2cncn2C2CC2)nc(NN)c1C(C)C. The zero-order chi connectivity index (χ0) is 14.3. The van der Waals surface area contributed by atoms with Crippen LogP contribution in [0.25, 0.3) is 11.5 Å². The highest BCUT2D eigenvalue weighted by atomic mass is 15.3. The minimum atomic E-state index is 0.323. The fraction of sp³-hybridized carbons (Fsp3) is 0.500. The van der Waals surface area contributed by atoms with Crippen molar-refractivity contribution in [3.8, 4) is 11.5 Å². The Morgan fingerprint density at radius 3 is 2.70 bits per heavy atom. The molecule has 1 fully saturated rings. The first-order valence-electron chi connectivity index (χ1n) is 6.99. The van der Waals surface area contributed by atoms with Gasteiger partial charge in [-0.15, -0.1) is 0 Å². The number of rotatable bonds is 4. The van der Waals surface area contributed by atoms with Crippen LogP contribution >= 0.6 is 0 Å². The van der Waals surface area contributed by atoms with Crippen LogP contribution in [0.15, 0.2) is 12.5 Å². The lowest BCUT2D eigenvalue weighted by Gasteiger charge is -2.15. The van der Waals surface area contributed by atoms with Crippen molar-refractivity contribution in [2.45, 2.75) is 45.6 Å². The lowest BCUT2D eigenvalue weighted by molar-refractivity contribution is 0.741. The van der Waals surface area contributed by atoms with Crippen molar-refractivity contribution < 1.29 is 0 Å². The first kappa shape index (κ1) is 13.1. The van der Waals surface area contributed by atoms with Gasteiger partial charge in [0.05, 0.1) is 12.5 Å². The molecule has 0 radical (unpaired) electrons. The Labute approximate surface area is 118 Å². The molecule has 1 saturated carbocycles. The Morgan fingerprint density at radius 1 is 1.35 bits per heavy atom. The van der Waals surface area contributed by atoms with Gasteiger partial charge in [0.1, 0.15) is 11.5 Å². The fourth-order valence-electron chi connectivity index (χ4n) is 2.62. The molecule has 2 aromatic rings. The minimum Gasteiger partial charge on any atom is -0.325 e. The van der Waals surface area contributed by atoms with Gasteiger partial charge in [-0.05, 0) is 25.7 Å². The molecule has 20 heavy (non-hydrogen) atoms. The topological polar surface area (TPSA) is 81.7 Å². The lowest BCUT2D eigenvalue weighted by Crippen LogP contribution is -2.15. The molecular weight excluding hydrogens is 252 g/mol. The number of hydrazine groups is 1. The molecule has 0 unspecified atom stereocenters. The van der Waals surface area contributed by atoms with Crippen LogP contribution in [-0.4, -0.2) is 19.5 Å². The highest BCUT2D eigenvalue weighted by Gasteiger charge is 2.27. The number of nitrogen functional groups attached to an aromatic ring is 1. The number of hydrogen-bond donors (Lipinski definition) is 2. The number of nitrogens with one attached hydrogen (secondary N) is 1. The first-order chi connectivity index (χ1) is 9.61. The van der Waals surface area contributed by atoms with Crippen LogP contribution in [0.4, 0.5) is 5.82 Å². The number of nitrogens with zero attached hydrogens (tertiary/aromatic N) is 4. The molecule has 6 nitrogen and oxygen atoms in total. The van der Waals surface area contributed by atoms with Crippen LogP contribution in [0.1, 0.15) is 49.9 Å². The molecule has 2 heterocycles. The summed E-state index contributed by atoms with van der Waals surface area (Å²) >= 11 is 0. The third-order valence-corrected chi connectivity index (χ3v) is 3.69. The molecule has 106 valence electrons. The van der Waals surface area contributed by atoms with E-state index in [2.05, 4.69) is 38.8 Å². The molecule has 6 heteroatoms. The van der Waals surface area contributed by atoms with E-state index in [1.54, 1.807) is 0 Å². The summed E-state index contributed by atoms with van der Waals surface area (Å²) in [6, 6.07) is 0.551. The summed E-state index contributed by atoms with van der Waals surface area (Å²) in [7, 11) is 0. The van der Waals surface area contributed by atoms with E-state index >= 15 is 0 Å². The number of imidazole rings is 1. The maximum Gasteiger partial charge on any atom is 0.180 e. The molecule has 3 N–H and O–H groups in total. The van der Waals surface area contributed by atoms with Gasteiger partial charge in [-0.25, -0.2) is 20.8 Å². The number of nitrogens with two attached hydrogens (primary N) is 1. The van der Waals surface area contributed by atoms with Gasteiger partial charge < -0.3 is 9.99 Å². The Hall–Kier alpha value is -1.95. The second-order valence-corrected chi connectivity index (χ2v) is 5.61. The molecule has 0 saturated heterocycles. The fourth-order valence-corrected chi connectivity index (χ4v) is 2.62. The second-order valence-electron chi connectivity index (χ2n) is 5.61. The Kier molecular flexibility index (Phi) is 3.17. The van der Waals surface area contributed by atoms with Crippen LogP contribution in [0.3, 0.4) is 0 Å². The van der Waals surface area contributed by atoms with Crippen LogP contribution in [0.5, 0.6) is 0 Å². The number of aryl methyl sites for hydroxylation is 1. The summed E-state index contributed by atoms with van der Waals surface area (Å²) in [5.74, 6) is 7.33. The lowest BCUT2D eigenvalue weighted by atomic mass is 10.0. The van der Waals surface area contributed by atoms with E-state index in [1.807, 2.05) is 19.4 Å². The molecule has 2 aromatic heterocycles. The average molecular weight is 272 g/mol. The number of hydrogen-bond acceptors (Lipinski definition) is 5. The Balaban J connectivity index is 2.10. The highest BCUT2D eigenvalue weighted by Crippen LogP contribution is 2.38. The molecular formula is C14H20N6. The van der Waals surface area contributed by atoms with E-state index in [0.29, 0.717) is 23.6 Å². The summed E-state index contributed by atoms with van der Waals surface area (Å²) in [4.78, 5) is 13.5. The molecule has 0 spiro atoms. The molecule has 0 atom stereocenters. The first-order valence-corrected chi connectivity index (χ1v) is 6.99. The van der Waals surface area contributed by atoms with Gasteiger partial charge in [0.15, 0.2) is 5.82 Å². The van der Waals surface area contributed by atoms with Gasteiger partial charge in [-0.3, -0.25) is 0 Å². The van der Waals surface area contributed by atoms with Gasteiger partial charge in [-0.1, -0.05) is 13.8 Å². The van der Waals surface area contributed by atoms with Crippen molar-refractivity contribution in [3.63, 3.8) is 0 Å². The maximum atomic E-state index is 5.63. The van der Waals surface area contributed by atoms with Gasteiger partial charge in [0.25, 0.3) is 0 Å². The smallest absolute Gasteiger partial charge is 0.180 e. The summed E-state index contributed by atoms with van der Waals surface area (Å²) in [5, 5.41) is 0. The summed E-state index contributed by atoms with van der Waals surface area (Å²) in [5.41, 5.74) is 5.69. The quantitative estimate of drug-likeness (QED) is 0.659. The van der Waals surface area contributed by atoms with E-state index in [4.69, 9.17) is 5.84 Å². The second kappa shape index (κ2) is 4.86. The van der Waals surface area contributed by atoms with Crippen molar-refractivity contribution in [2.24, 2.45) is 5.84 Å². The third kappa shape index (κ3) is 2.16. The van der Waals surface area contributed by atoms with E-state index in [9.17, 15) is 0 Å². The standard InChI is InChI=1S/C14H20N6/c1-8(2)12-9(3)17-13(18-14(12)19-15)11-6-16-7-20(11)10-4-5-10/h6-8,10H,4-5,15H2,1-3H3,(H,17,18,19). The summed E-state index contributed by atoms with van der Waals surface area (Å²) in [6.07, 6.45) is 6.09. The van der Waals surface area contributed by atoms with Gasteiger partial charge >= 0.3 is 0 Å². The molecule has 0 aliphatic heterocycles. The third-order valence-electron chi connectivity index (χ3n) is 3.69. The minimum absolute atomic E-state index is 0.323.